The van der Waals surface area contributed by atoms with Gasteiger partial charge in [-0.1, -0.05) is 0 Å². The number of oxazole rings is 1. The monoisotopic (exact) mass is 340 g/mol. The van der Waals surface area contributed by atoms with Crippen LogP contribution in [-0.2, 0) is 0 Å². The predicted molar refractivity (Wildman–Crippen MR) is 94.5 cm³/mol. The smallest absolute Gasteiger partial charge is 0.288 e. The molecule has 1 aliphatic rings. The second kappa shape index (κ2) is 6.56. The molecule has 3 aromatic rings. The van der Waals surface area contributed by atoms with E-state index in [1.54, 1.807) is 13.2 Å². The average Bonchev–Trinajstić information content (AvgIpc) is 3.31. The molecule has 0 saturated carbocycles. The molecule has 130 valence electrons. The Kier molecular flexibility index (Phi) is 4.10. The number of rotatable bonds is 4. The SMILES string of the molecule is CNC(=O)c1cnc(-c2cnc3[nH]ccc3c2N[C@@H]2CCCNC2)o1. The van der Waals surface area contributed by atoms with Crippen molar-refractivity contribution in [3.05, 3.63) is 30.4 Å². The fraction of sp³-hybridized carbons (Fsp3) is 0.353. The zero-order chi connectivity index (χ0) is 17.2. The van der Waals surface area contributed by atoms with E-state index in [9.17, 15) is 4.79 Å². The minimum Gasteiger partial charge on any atom is -0.431 e. The van der Waals surface area contributed by atoms with Crippen molar-refractivity contribution in [3.8, 4) is 11.5 Å². The van der Waals surface area contributed by atoms with Gasteiger partial charge >= 0.3 is 0 Å². The van der Waals surface area contributed by atoms with E-state index < -0.39 is 0 Å². The first-order valence-electron chi connectivity index (χ1n) is 8.38. The lowest BCUT2D eigenvalue weighted by Gasteiger charge is -2.26. The number of carbonyl (C=O) groups excluding carboxylic acids is 1. The molecule has 0 aliphatic carbocycles. The number of hydrogen-bond acceptors (Lipinski definition) is 6. The van der Waals surface area contributed by atoms with Gasteiger partial charge in [0.15, 0.2) is 0 Å². The third-order valence-electron chi connectivity index (χ3n) is 4.42. The molecule has 0 radical (unpaired) electrons. The molecule has 1 amide bonds. The molecule has 1 fully saturated rings. The highest BCUT2D eigenvalue weighted by molar-refractivity contribution is 5.97. The number of carbonyl (C=O) groups is 1. The average molecular weight is 340 g/mol. The molecule has 25 heavy (non-hydrogen) atoms. The molecule has 4 rings (SSSR count). The highest BCUT2D eigenvalue weighted by Crippen LogP contribution is 2.34. The number of hydrogen-bond donors (Lipinski definition) is 4. The van der Waals surface area contributed by atoms with Crippen LogP contribution in [0.3, 0.4) is 0 Å². The maximum Gasteiger partial charge on any atom is 0.288 e. The molecule has 4 heterocycles. The number of nitrogens with zero attached hydrogens (tertiary/aromatic N) is 2. The Bertz CT molecular complexity index is 894. The van der Waals surface area contributed by atoms with Gasteiger partial charge in [0.1, 0.15) is 5.65 Å². The number of amides is 1. The molecular formula is C17H20N6O2. The van der Waals surface area contributed by atoms with Crippen molar-refractivity contribution in [2.75, 3.05) is 25.5 Å². The lowest BCUT2D eigenvalue weighted by molar-refractivity contribution is 0.0936. The summed E-state index contributed by atoms with van der Waals surface area (Å²) in [6.07, 6.45) is 7.24. The standard InChI is InChI=1S/C17H20N6O2/c1-18-16(24)13-9-22-17(25-13)12-8-21-15-11(4-6-20-15)14(12)23-10-3-2-5-19-7-10/h4,6,8-10,19H,2-3,5,7H2,1H3,(H,18,24)(H2,20,21,23)/t10-/m1/s1. The van der Waals surface area contributed by atoms with E-state index in [4.69, 9.17) is 4.42 Å². The number of pyridine rings is 1. The first-order valence-corrected chi connectivity index (χ1v) is 8.38. The zero-order valence-electron chi connectivity index (χ0n) is 13.9. The van der Waals surface area contributed by atoms with Gasteiger partial charge in [-0.05, 0) is 25.5 Å². The van der Waals surface area contributed by atoms with Crippen molar-refractivity contribution in [2.45, 2.75) is 18.9 Å². The van der Waals surface area contributed by atoms with E-state index >= 15 is 0 Å². The Morgan fingerprint density at radius 1 is 1.36 bits per heavy atom. The fourth-order valence-corrected chi connectivity index (χ4v) is 3.13. The maximum atomic E-state index is 11.7. The van der Waals surface area contributed by atoms with Gasteiger partial charge < -0.3 is 25.4 Å². The summed E-state index contributed by atoms with van der Waals surface area (Å²) in [5.74, 6) is 0.248. The number of nitrogens with one attached hydrogen (secondary N) is 4. The van der Waals surface area contributed by atoms with Crippen LogP contribution >= 0.6 is 0 Å². The van der Waals surface area contributed by atoms with E-state index in [1.165, 1.54) is 6.20 Å². The molecule has 0 aromatic carbocycles. The summed E-state index contributed by atoms with van der Waals surface area (Å²) < 4.78 is 5.65. The van der Waals surface area contributed by atoms with Crippen LogP contribution in [0.4, 0.5) is 5.69 Å². The van der Waals surface area contributed by atoms with Crippen molar-refractivity contribution in [2.24, 2.45) is 0 Å². The molecule has 8 heteroatoms. The van der Waals surface area contributed by atoms with E-state index in [1.807, 2.05) is 12.3 Å². The molecule has 3 aromatic heterocycles. The second-order valence-electron chi connectivity index (χ2n) is 6.08. The predicted octanol–water partition coefficient (Wildman–Crippen LogP) is 1.74. The van der Waals surface area contributed by atoms with Crippen molar-refractivity contribution in [3.63, 3.8) is 0 Å². The fourth-order valence-electron chi connectivity index (χ4n) is 3.13. The first kappa shape index (κ1) is 15.6. The summed E-state index contributed by atoms with van der Waals surface area (Å²) in [4.78, 5) is 23.6. The molecule has 0 spiro atoms. The van der Waals surface area contributed by atoms with Crippen LogP contribution in [0.15, 0.2) is 29.1 Å². The summed E-state index contributed by atoms with van der Waals surface area (Å²) in [6, 6.07) is 2.30. The van der Waals surface area contributed by atoms with Crippen LogP contribution in [0, 0.1) is 0 Å². The minimum absolute atomic E-state index is 0.178. The number of anilines is 1. The molecular weight excluding hydrogens is 320 g/mol. The van der Waals surface area contributed by atoms with Gasteiger partial charge in [0.2, 0.25) is 11.7 Å². The summed E-state index contributed by atoms with van der Waals surface area (Å²) in [6.45, 7) is 1.96. The Morgan fingerprint density at radius 2 is 2.28 bits per heavy atom. The third kappa shape index (κ3) is 2.96. The van der Waals surface area contributed by atoms with Crippen molar-refractivity contribution < 1.29 is 9.21 Å². The van der Waals surface area contributed by atoms with Crippen molar-refractivity contribution in [1.82, 2.24) is 25.6 Å². The molecule has 0 unspecified atom stereocenters. The largest absolute Gasteiger partial charge is 0.431 e. The number of piperidine rings is 1. The summed E-state index contributed by atoms with van der Waals surface area (Å²) in [7, 11) is 1.56. The topological polar surface area (TPSA) is 108 Å². The van der Waals surface area contributed by atoms with Gasteiger partial charge in [-0.3, -0.25) is 4.79 Å². The van der Waals surface area contributed by atoms with Gasteiger partial charge in [0, 0.05) is 37.4 Å². The first-order chi connectivity index (χ1) is 12.3. The van der Waals surface area contributed by atoms with Gasteiger partial charge in [0.05, 0.1) is 17.4 Å². The molecule has 1 aliphatic heterocycles. The van der Waals surface area contributed by atoms with Gasteiger partial charge in [-0.2, -0.15) is 0 Å². The van der Waals surface area contributed by atoms with E-state index in [0.717, 1.165) is 48.2 Å². The quantitative estimate of drug-likeness (QED) is 0.576. The zero-order valence-corrected chi connectivity index (χ0v) is 13.9. The lowest BCUT2D eigenvalue weighted by Crippen LogP contribution is -2.38. The van der Waals surface area contributed by atoms with Crippen LogP contribution in [-0.4, -0.2) is 47.0 Å². The highest BCUT2D eigenvalue weighted by atomic mass is 16.4. The highest BCUT2D eigenvalue weighted by Gasteiger charge is 2.21. The molecule has 8 nitrogen and oxygen atoms in total. The lowest BCUT2D eigenvalue weighted by atomic mass is 10.1. The molecule has 0 bridgehead atoms. The van der Waals surface area contributed by atoms with Crippen LogP contribution in [0.5, 0.6) is 0 Å². The van der Waals surface area contributed by atoms with E-state index in [0.29, 0.717) is 11.9 Å². The van der Waals surface area contributed by atoms with E-state index in [2.05, 4.69) is 30.9 Å². The number of H-pyrrole nitrogens is 1. The molecule has 1 atom stereocenters. The summed E-state index contributed by atoms with van der Waals surface area (Å²) in [5, 5.41) is 10.5. The Hall–Kier alpha value is -2.87. The van der Waals surface area contributed by atoms with Crippen LogP contribution in [0.1, 0.15) is 23.4 Å². The second-order valence-corrected chi connectivity index (χ2v) is 6.08. The molecule has 1 saturated heterocycles. The van der Waals surface area contributed by atoms with Crippen LogP contribution < -0.4 is 16.0 Å². The Labute approximate surface area is 144 Å². The number of aromatic nitrogens is 3. The van der Waals surface area contributed by atoms with Gasteiger partial charge in [0.25, 0.3) is 5.91 Å². The minimum atomic E-state index is -0.305. The van der Waals surface area contributed by atoms with Crippen molar-refractivity contribution in [1.29, 1.82) is 0 Å². The Balaban J connectivity index is 1.75. The third-order valence-corrected chi connectivity index (χ3v) is 4.42. The summed E-state index contributed by atoms with van der Waals surface area (Å²) in [5.41, 5.74) is 2.46. The van der Waals surface area contributed by atoms with Gasteiger partial charge in [-0.15, -0.1) is 0 Å². The van der Waals surface area contributed by atoms with E-state index in [-0.39, 0.29) is 11.7 Å². The number of fused-ring (bicyclic) bond motifs is 1. The Morgan fingerprint density at radius 3 is 3.08 bits per heavy atom. The van der Waals surface area contributed by atoms with Crippen LogP contribution in [0.2, 0.25) is 0 Å². The summed E-state index contributed by atoms with van der Waals surface area (Å²) >= 11 is 0. The van der Waals surface area contributed by atoms with Crippen LogP contribution in [0.25, 0.3) is 22.5 Å². The normalized spacial score (nSPS) is 17.6. The number of aromatic amines is 1. The molecule has 4 N–H and O–H groups in total. The van der Waals surface area contributed by atoms with Crippen molar-refractivity contribution >= 4 is 22.6 Å². The maximum absolute atomic E-state index is 11.7. The van der Waals surface area contributed by atoms with Gasteiger partial charge in [-0.25, -0.2) is 9.97 Å².